The molecule has 0 N–H and O–H groups in total. The monoisotopic (exact) mass is 666 g/mol. The maximum Gasteiger partial charge on any atom is 0.136 e. The largest absolute Gasteiger partial charge is 0.456 e. The van der Waals surface area contributed by atoms with E-state index in [1.165, 1.54) is 69.2 Å². The molecule has 0 fully saturated rings. The smallest absolute Gasteiger partial charge is 0.136 e. The second-order valence-corrected chi connectivity index (χ2v) is 14.7. The van der Waals surface area contributed by atoms with Gasteiger partial charge in [0.2, 0.25) is 0 Å². The van der Waals surface area contributed by atoms with Gasteiger partial charge in [-0.2, -0.15) is 0 Å². The molecule has 0 saturated carbocycles. The highest BCUT2D eigenvalue weighted by Crippen LogP contribution is 2.47. The molecule has 0 amide bonds. The van der Waals surface area contributed by atoms with Crippen LogP contribution in [0.4, 0.5) is 0 Å². The predicted octanol–water partition coefficient (Wildman–Crippen LogP) is 14.6. The molecule has 9 aromatic carbocycles. The summed E-state index contributed by atoms with van der Waals surface area (Å²) in [5, 5.41) is 14.6. The van der Waals surface area contributed by atoms with E-state index in [0.717, 1.165) is 49.4 Å². The Kier molecular flexibility index (Phi) is 5.41. The topological polar surface area (TPSA) is 26.3 Å². The van der Waals surface area contributed by atoms with E-state index < -0.39 is 0 Å². The number of para-hydroxylation sites is 2. The molecule has 0 bridgehead atoms. The lowest BCUT2D eigenvalue weighted by Crippen LogP contribution is -1.90. The van der Waals surface area contributed by atoms with Crippen molar-refractivity contribution in [3.05, 3.63) is 158 Å². The van der Waals surface area contributed by atoms with Gasteiger partial charge in [0.05, 0.1) is 0 Å². The van der Waals surface area contributed by atoms with Gasteiger partial charge in [0.25, 0.3) is 0 Å². The number of furan rings is 2. The maximum atomic E-state index is 6.36. The molecule has 0 saturated heterocycles. The Bertz CT molecular complexity index is 3370. The molecular formula is C48H26O2S. The predicted molar refractivity (Wildman–Crippen MR) is 217 cm³/mol. The van der Waals surface area contributed by atoms with Gasteiger partial charge in [-0.05, 0) is 115 Å². The van der Waals surface area contributed by atoms with E-state index in [-0.39, 0.29) is 0 Å². The lowest BCUT2D eigenvalue weighted by Gasteiger charge is -2.18. The van der Waals surface area contributed by atoms with Crippen LogP contribution in [0.15, 0.2) is 167 Å². The average molecular weight is 667 g/mol. The van der Waals surface area contributed by atoms with Crippen LogP contribution in [-0.4, -0.2) is 0 Å². The third kappa shape index (κ3) is 3.87. The van der Waals surface area contributed by atoms with Gasteiger partial charge in [-0.25, -0.2) is 0 Å². The molecule has 0 aliphatic rings. The van der Waals surface area contributed by atoms with Crippen LogP contribution in [0.2, 0.25) is 0 Å². The quantitative estimate of drug-likeness (QED) is 0.172. The molecule has 3 aromatic heterocycles. The van der Waals surface area contributed by atoms with Crippen molar-refractivity contribution in [1.29, 1.82) is 0 Å². The van der Waals surface area contributed by atoms with E-state index in [2.05, 4.69) is 133 Å². The molecular weight excluding hydrogens is 641 g/mol. The molecule has 51 heavy (non-hydrogen) atoms. The molecule has 3 heterocycles. The van der Waals surface area contributed by atoms with Crippen molar-refractivity contribution in [3.63, 3.8) is 0 Å². The van der Waals surface area contributed by atoms with Gasteiger partial charge in [0.15, 0.2) is 0 Å². The average Bonchev–Trinajstić information content (AvgIpc) is 3.85. The summed E-state index contributed by atoms with van der Waals surface area (Å²) in [6.07, 6.45) is 0. The first kappa shape index (κ1) is 27.4. The van der Waals surface area contributed by atoms with Crippen molar-refractivity contribution in [2.45, 2.75) is 0 Å². The first-order chi connectivity index (χ1) is 25.2. The SMILES string of the molecule is c1ccc2c(c1)oc1cc(-c3c4ccccc4c(-c4ccc5sc6cc7cc8oc9ccccc9c8cc7cc6c5c4)c4ccccc34)ccc12. The van der Waals surface area contributed by atoms with Crippen LogP contribution < -0.4 is 0 Å². The van der Waals surface area contributed by atoms with E-state index in [4.69, 9.17) is 8.83 Å². The molecule has 0 unspecified atom stereocenters. The molecule has 0 atom stereocenters. The Morgan fingerprint density at radius 2 is 0.765 bits per heavy atom. The number of fused-ring (bicyclic) bond motifs is 12. The minimum Gasteiger partial charge on any atom is -0.456 e. The number of hydrogen-bond acceptors (Lipinski definition) is 3. The third-order valence-corrected chi connectivity index (χ3v) is 11.9. The fourth-order valence-electron chi connectivity index (χ4n) is 8.53. The van der Waals surface area contributed by atoms with Crippen LogP contribution in [0.3, 0.4) is 0 Å². The van der Waals surface area contributed by atoms with Crippen LogP contribution in [0.1, 0.15) is 0 Å². The van der Waals surface area contributed by atoms with Gasteiger partial charge in [0.1, 0.15) is 22.3 Å². The van der Waals surface area contributed by atoms with E-state index in [0.29, 0.717) is 0 Å². The molecule has 0 radical (unpaired) electrons. The fraction of sp³-hybridized carbons (Fsp3) is 0. The van der Waals surface area contributed by atoms with Crippen molar-refractivity contribution in [2.75, 3.05) is 0 Å². The van der Waals surface area contributed by atoms with Gasteiger partial charge in [-0.3, -0.25) is 0 Å². The van der Waals surface area contributed by atoms with Crippen molar-refractivity contribution in [2.24, 2.45) is 0 Å². The summed E-state index contributed by atoms with van der Waals surface area (Å²) in [6, 6.07) is 57.3. The van der Waals surface area contributed by atoms with Crippen molar-refractivity contribution < 1.29 is 8.83 Å². The first-order valence-electron chi connectivity index (χ1n) is 17.3. The van der Waals surface area contributed by atoms with E-state index in [9.17, 15) is 0 Å². The summed E-state index contributed by atoms with van der Waals surface area (Å²) >= 11 is 1.86. The van der Waals surface area contributed by atoms with Crippen LogP contribution in [0, 0.1) is 0 Å². The van der Waals surface area contributed by atoms with Crippen molar-refractivity contribution >= 4 is 108 Å². The summed E-state index contributed by atoms with van der Waals surface area (Å²) in [5.74, 6) is 0. The van der Waals surface area contributed by atoms with Gasteiger partial charge >= 0.3 is 0 Å². The van der Waals surface area contributed by atoms with E-state index in [1.54, 1.807) is 0 Å². The second-order valence-electron chi connectivity index (χ2n) is 13.6. The number of benzene rings is 9. The summed E-state index contributed by atoms with van der Waals surface area (Å²) in [6.45, 7) is 0. The van der Waals surface area contributed by atoms with Crippen molar-refractivity contribution in [1.82, 2.24) is 0 Å². The summed E-state index contributed by atoms with van der Waals surface area (Å²) < 4.78 is 15.2. The Labute approximate surface area is 295 Å². The van der Waals surface area contributed by atoms with Crippen LogP contribution >= 0.6 is 11.3 Å². The zero-order chi connectivity index (χ0) is 33.2. The van der Waals surface area contributed by atoms with Gasteiger partial charge in [-0.1, -0.05) is 97.1 Å². The van der Waals surface area contributed by atoms with Crippen LogP contribution in [0.5, 0.6) is 0 Å². The minimum atomic E-state index is 0.912. The summed E-state index contributed by atoms with van der Waals surface area (Å²) in [7, 11) is 0. The van der Waals surface area contributed by atoms with Gasteiger partial charge in [0, 0.05) is 41.7 Å². The maximum absolute atomic E-state index is 6.36. The lowest BCUT2D eigenvalue weighted by atomic mass is 9.85. The Balaban J connectivity index is 1.10. The molecule has 12 rings (SSSR count). The normalized spacial score (nSPS) is 12.3. The fourth-order valence-corrected chi connectivity index (χ4v) is 9.65. The van der Waals surface area contributed by atoms with Gasteiger partial charge < -0.3 is 8.83 Å². The van der Waals surface area contributed by atoms with Gasteiger partial charge in [-0.15, -0.1) is 11.3 Å². The highest BCUT2D eigenvalue weighted by Gasteiger charge is 2.19. The zero-order valence-corrected chi connectivity index (χ0v) is 28.1. The Hall–Kier alpha value is -6.42. The van der Waals surface area contributed by atoms with E-state index >= 15 is 0 Å². The molecule has 236 valence electrons. The molecule has 0 spiro atoms. The molecule has 0 aliphatic carbocycles. The van der Waals surface area contributed by atoms with Crippen molar-refractivity contribution in [3.8, 4) is 22.3 Å². The van der Waals surface area contributed by atoms with Crippen LogP contribution in [0.25, 0.3) is 119 Å². The van der Waals surface area contributed by atoms with E-state index in [1.807, 2.05) is 35.6 Å². The first-order valence-corrected chi connectivity index (χ1v) is 18.1. The number of hydrogen-bond donors (Lipinski definition) is 0. The number of thiophene rings is 1. The molecule has 3 heteroatoms. The Morgan fingerprint density at radius 3 is 1.43 bits per heavy atom. The second kappa shape index (κ2) is 10.1. The number of rotatable bonds is 2. The molecule has 2 nitrogen and oxygen atoms in total. The standard InChI is InChI=1S/C48H26O2S/c1-3-13-36-34(11-1)47(35-12-2-4-14-37(35)48(36)28-17-19-33-31-9-5-7-15-41(31)49-43(33)24-28)27-18-20-45-39(21-27)40-23-29-22-38-32-10-6-8-16-42(32)50-44(38)25-30(29)26-46(40)51-45/h1-26H. The highest BCUT2D eigenvalue weighted by atomic mass is 32.1. The summed E-state index contributed by atoms with van der Waals surface area (Å²) in [4.78, 5) is 0. The lowest BCUT2D eigenvalue weighted by molar-refractivity contribution is 0.669. The minimum absolute atomic E-state index is 0.912. The third-order valence-electron chi connectivity index (χ3n) is 10.8. The zero-order valence-electron chi connectivity index (χ0n) is 27.2. The molecule has 12 aromatic rings. The van der Waals surface area contributed by atoms with Crippen LogP contribution in [-0.2, 0) is 0 Å². The highest BCUT2D eigenvalue weighted by molar-refractivity contribution is 7.25. The molecule has 0 aliphatic heterocycles. The summed E-state index contributed by atoms with van der Waals surface area (Å²) in [5.41, 5.74) is 8.59. The Morgan fingerprint density at radius 1 is 0.294 bits per heavy atom.